The van der Waals surface area contributed by atoms with E-state index in [1.165, 1.54) is 6.07 Å². The minimum atomic E-state index is -0.291. The third kappa shape index (κ3) is 3.07. The van der Waals surface area contributed by atoms with Crippen LogP contribution in [0, 0.1) is 0 Å². The summed E-state index contributed by atoms with van der Waals surface area (Å²) < 4.78 is 1.87. The van der Waals surface area contributed by atoms with E-state index in [-0.39, 0.29) is 23.2 Å². The van der Waals surface area contributed by atoms with Crippen molar-refractivity contribution >= 4 is 5.91 Å². The second kappa shape index (κ2) is 5.31. The van der Waals surface area contributed by atoms with Gasteiger partial charge in [0.2, 0.25) is 5.56 Å². The first kappa shape index (κ1) is 12.1. The summed E-state index contributed by atoms with van der Waals surface area (Å²) in [5, 5.41) is 2.80. The highest BCUT2D eigenvalue weighted by Gasteiger charge is 2.10. The first-order valence-corrected chi connectivity index (χ1v) is 5.61. The van der Waals surface area contributed by atoms with Gasteiger partial charge in [-0.25, -0.2) is 4.98 Å². The smallest absolute Gasteiger partial charge is 0.268 e. The van der Waals surface area contributed by atoms with Gasteiger partial charge in [-0.1, -0.05) is 6.07 Å². The largest absolute Gasteiger partial charge is 0.347 e. The van der Waals surface area contributed by atoms with Crippen LogP contribution >= 0.6 is 0 Å². The normalized spacial score (nSPS) is 12.1. The van der Waals surface area contributed by atoms with Crippen LogP contribution in [0.1, 0.15) is 17.4 Å². The molecule has 0 saturated carbocycles. The van der Waals surface area contributed by atoms with Crippen molar-refractivity contribution in [3.05, 3.63) is 53.0 Å². The topological polar surface area (TPSA) is 79.8 Å². The summed E-state index contributed by atoms with van der Waals surface area (Å²) >= 11 is 0. The van der Waals surface area contributed by atoms with Crippen molar-refractivity contribution in [3.8, 4) is 0 Å². The molecule has 1 atom stereocenters. The number of hydrogen-bond donors (Lipinski definition) is 2. The Balaban J connectivity index is 1.97. The number of carbonyl (C=O) groups is 1. The lowest BCUT2D eigenvalue weighted by molar-refractivity contribution is 0.0931. The van der Waals surface area contributed by atoms with Gasteiger partial charge in [0.1, 0.15) is 5.69 Å². The highest BCUT2D eigenvalue weighted by molar-refractivity contribution is 5.92. The maximum absolute atomic E-state index is 11.8. The Kier molecular flexibility index (Phi) is 3.57. The van der Waals surface area contributed by atoms with Crippen LogP contribution in [0.2, 0.25) is 0 Å². The number of aromatic amines is 1. The molecule has 0 saturated heterocycles. The first-order chi connectivity index (χ1) is 8.65. The van der Waals surface area contributed by atoms with Gasteiger partial charge in [0.05, 0.1) is 6.33 Å². The summed E-state index contributed by atoms with van der Waals surface area (Å²) in [6, 6.07) is 4.43. The summed E-state index contributed by atoms with van der Waals surface area (Å²) in [4.78, 5) is 29.3. The fraction of sp³-hybridized carbons (Fsp3) is 0.250. The molecule has 2 aromatic rings. The van der Waals surface area contributed by atoms with Crippen LogP contribution in [-0.4, -0.2) is 26.5 Å². The number of nitrogens with zero attached hydrogens (tertiary/aromatic N) is 2. The lowest BCUT2D eigenvalue weighted by Crippen LogP contribution is -2.36. The number of amides is 1. The zero-order valence-electron chi connectivity index (χ0n) is 9.96. The molecule has 0 aliphatic rings. The van der Waals surface area contributed by atoms with E-state index in [4.69, 9.17) is 0 Å². The third-order valence-electron chi connectivity index (χ3n) is 2.43. The summed E-state index contributed by atoms with van der Waals surface area (Å²) in [5.74, 6) is -0.291. The number of nitrogens with one attached hydrogen (secondary N) is 2. The van der Waals surface area contributed by atoms with Gasteiger partial charge < -0.3 is 14.9 Å². The maximum Gasteiger partial charge on any atom is 0.268 e. The van der Waals surface area contributed by atoms with Crippen molar-refractivity contribution < 1.29 is 4.79 Å². The van der Waals surface area contributed by atoms with E-state index < -0.39 is 0 Å². The van der Waals surface area contributed by atoms with Crippen LogP contribution in [0.5, 0.6) is 0 Å². The minimum Gasteiger partial charge on any atom is -0.347 e. The van der Waals surface area contributed by atoms with Gasteiger partial charge >= 0.3 is 0 Å². The molecule has 0 radical (unpaired) electrons. The van der Waals surface area contributed by atoms with Gasteiger partial charge in [0.25, 0.3) is 5.91 Å². The Labute approximate surface area is 104 Å². The molecule has 0 bridgehead atoms. The van der Waals surface area contributed by atoms with E-state index in [2.05, 4.69) is 15.3 Å². The fourth-order valence-corrected chi connectivity index (χ4v) is 1.64. The lowest BCUT2D eigenvalue weighted by atomic mass is 10.3. The molecule has 0 fully saturated rings. The van der Waals surface area contributed by atoms with E-state index >= 15 is 0 Å². The molecule has 2 heterocycles. The van der Waals surface area contributed by atoms with Crippen molar-refractivity contribution in [1.82, 2.24) is 19.9 Å². The second-order valence-corrected chi connectivity index (χ2v) is 4.06. The van der Waals surface area contributed by atoms with Gasteiger partial charge in [-0.3, -0.25) is 9.59 Å². The monoisotopic (exact) mass is 246 g/mol. The fourth-order valence-electron chi connectivity index (χ4n) is 1.64. The Bertz CT molecular complexity index is 574. The summed E-state index contributed by atoms with van der Waals surface area (Å²) in [6.45, 7) is 2.52. The number of hydrogen-bond acceptors (Lipinski definition) is 3. The Morgan fingerprint density at radius 3 is 3.06 bits per heavy atom. The van der Waals surface area contributed by atoms with E-state index in [1.807, 2.05) is 17.7 Å². The third-order valence-corrected chi connectivity index (χ3v) is 2.43. The van der Waals surface area contributed by atoms with Gasteiger partial charge in [-0.2, -0.15) is 0 Å². The molecule has 0 aromatic carbocycles. The average Bonchev–Trinajstić information content (AvgIpc) is 2.81. The van der Waals surface area contributed by atoms with Crippen molar-refractivity contribution in [3.63, 3.8) is 0 Å². The zero-order chi connectivity index (χ0) is 13.0. The highest BCUT2D eigenvalue weighted by Crippen LogP contribution is 1.95. The highest BCUT2D eigenvalue weighted by atomic mass is 16.2. The van der Waals surface area contributed by atoms with Gasteiger partial charge in [0.15, 0.2) is 0 Å². The molecule has 0 aliphatic heterocycles. The number of pyridine rings is 1. The molecule has 94 valence electrons. The van der Waals surface area contributed by atoms with E-state index in [9.17, 15) is 9.59 Å². The predicted octanol–water partition coefficient (Wildman–Crippen LogP) is 0.390. The SMILES string of the molecule is CC(Cn1ccnc1)NC(=O)c1cccc(=O)[nH]1. The first-order valence-electron chi connectivity index (χ1n) is 5.61. The van der Waals surface area contributed by atoms with Crippen LogP contribution in [0.25, 0.3) is 0 Å². The van der Waals surface area contributed by atoms with Gasteiger partial charge in [-0.15, -0.1) is 0 Å². The van der Waals surface area contributed by atoms with E-state index in [1.54, 1.807) is 24.7 Å². The predicted molar refractivity (Wildman–Crippen MR) is 66.2 cm³/mol. The van der Waals surface area contributed by atoms with Gasteiger partial charge in [-0.05, 0) is 13.0 Å². The molecule has 2 rings (SSSR count). The van der Waals surface area contributed by atoms with Crippen molar-refractivity contribution in [2.45, 2.75) is 19.5 Å². The van der Waals surface area contributed by atoms with Crippen molar-refractivity contribution in [1.29, 1.82) is 0 Å². The number of carbonyl (C=O) groups excluding carboxylic acids is 1. The molecule has 2 aromatic heterocycles. The summed E-state index contributed by atoms with van der Waals surface area (Å²) in [7, 11) is 0. The molecular weight excluding hydrogens is 232 g/mol. The maximum atomic E-state index is 11.8. The Hall–Kier alpha value is -2.37. The molecule has 2 N–H and O–H groups in total. The quantitative estimate of drug-likeness (QED) is 0.819. The average molecular weight is 246 g/mol. The van der Waals surface area contributed by atoms with Crippen LogP contribution < -0.4 is 10.9 Å². The number of aromatic nitrogens is 3. The summed E-state index contributed by atoms with van der Waals surface area (Å²) in [6.07, 6.45) is 5.20. The van der Waals surface area contributed by atoms with Crippen molar-refractivity contribution in [2.75, 3.05) is 0 Å². The van der Waals surface area contributed by atoms with E-state index in [0.717, 1.165) is 0 Å². The number of rotatable bonds is 4. The molecular formula is C12H14N4O2. The number of H-pyrrole nitrogens is 1. The Morgan fingerprint density at radius 1 is 1.56 bits per heavy atom. The number of imidazole rings is 1. The summed E-state index contributed by atoms with van der Waals surface area (Å²) in [5.41, 5.74) is -0.0232. The second-order valence-electron chi connectivity index (χ2n) is 4.06. The minimum absolute atomic E-state index is 0.0598. The molecule has 0 aliphatic carbocycles. The van der Waals surface area contributed by atoms with Crippen LogP contribution in [0.3, 0.4) is 0 Å². The molecule has 18 heavy (non-hydrogen) atoms. The molecule has 1 amide bonds. The Morgan fingerprint density at radius 2 is 2.39 bits per heavy atom. The zero-order valence-corrected chi connectivity index (χ0v) is 9.96. The lowest BCUT2D eigenvalue weighted by Gasteiger charge is -2.14. The van der Waals surface area contributed by atoms with Crippen LogP contribution in [-0.2, 0) is 6.54 Å². The van der Waals surface area contributed by atoms with Crippen LogP contribution in [0.15, 0.2) is 41.7 Å². The van der Waals surface area contributed by atoms with Gasteiger partial charge in [0, 0.05) is 31.0 Å². The molecule has 6 nitrogen and oxygen atoms in total. The molecule has 0 spiro atoms. The molecule has 1 unspecified atom stereocenters. The van der Waals surface area contributed by atoms with Crippen molar-refractivity contribution in [2.24, 2.45) is 0 Å². The molecule has 6 heteroatoms. The standard InChI is InChI=1S/C12H14N4O2/c1-9(7-16-6-5-13-8-16)14-12(18)10-3-2-4-11(17)15-10/h2-6,8-9H,7H2,1H3,(H,14,18)(H,15,17). The van der Waals surface area contributed by atoms with E-state index in [0.29, 0.717) is 6.54 Å². The van der Waals surface area contributed by atoms with Crippen LogP contribution in [0.4, 0.5) is 0 Å².